The van der Waals surface area contributed by atoms with Crippen LogP contribution in [0.25, 0.3) is 0 Å². The van der Waals surface area contributed by atoms with Crippen LogP contribution in [0.4, 0.5) is 21.5 Å². The number of nitrogens with zero attached hydrogens (tertiary/aromatic N) is 3. The first-order valence-corrected chi connectivity index (χ1v) is 10.4. The van der Waals surface area contributed by atoms with Crippen LogP contribution in [0.5, 0.6) is 0 Å². The van der Waals surface area contributed by atoms with Gasteiger partial charge in [-0.15, -0.1) is 12.4 Å². The summed E-state index contributed by atoms with van der Waals surface area (Å²) in [7, 11) is 0. The Kier molecular flexibility index (Phi) is 7.97. The van der Waals surface area contributed by atoms with Crippen LogP contribution in [0, 0.1) is 15.9 Å². The smallest absolute Gasteiger partial charge is 0.282 e. The van der Waals surface area contributed by atoms with Crippen molar-refractivity contribution in [1.29, 1.82) is 0 Å². The van der Waals surface area contributed by atoms with Gasteiger partial charge in [0.05, 0.1) is 4.92 Å². The van der Waals surface area contributed by atoms with Gasteiger partial charge in [-0.25, -0.2) is 4.39 Å². The van der Waals surface area contributed by atoms with Crippen LogP contribution < -0.4 is 10.2 Å². The number of halogens is 2. The molecule has 1 heterocycles. The van der Waals surface area contributed by atoms with E-state index in [0.29, 0.717) is 17.8 Å². The number of piperazine rings is 1. The van der Waals surface area contributed by atoms with Gasteiger partial charge in [-0.2, -0.15) is 0 Å². The van der Waals surface area contributed by atoms with Crippen molar-refractivity contribution in [1.82, 2.24) is 4.90 Å². The average molecular weight is 471 g/mol. The van der Waals surface area contributed by atoms with E-state index in [1.54, 1.807) is 24.3 Å². The standard InChI is InChI=1S/C24H23FN4O3.ClH/c25-22-7-3-1-5-18(22)17-27-13-15-28(16-14-27)20-11-9-19(10-12-20)26-24(30)21-6-2-4-8-23(21)29(31)32;/h1-12H,13-17H2,(H,26,30);1H. The van der Waals surface area contributed by atoms with Gasteiger partial charge < -0.3 is 10.2 Å². The van der Waals surface area contributed by atoms with E-state index in [9.17, 15) is 19.3 Å². The van der Waals surface area contributed by atoms with Gasteiger partial charge in [0, 0.05) is 55.7 Å². The lowest BCUT2D eigenvalue weighted by Crippen LogP contribution is -2.46. The molecular formula is C24H24ClFN4O3. The zero-order valence-corrected chi connectivity index (χ0v) is 18.6. The van der Waals surface area contributed by atoms with E-state index in [2.05, 4.69) is 15.1 Å². The molecule has 7 nitrogen and oxygen atoms in total. The molecule has 0 spiro atoms. The molecule has 1 aliphatic rings. The number of carbonyl (C=O) groups is 1. The molecule has 9 heteroatoms. The molecule has 0 radical (unpaired) electrons. The highest BCUT2D eigenvalue weighted by Crippen LogP contribution is 2.23. The number of rotatable bonds is 6. The van der Waals surface area contributed by atoms with E-state index in [0.717, 1.165) is 31.9 Å². The number of anilines is 2. The number of nitro benzene ring substituents is 1. The molecule has 3 aromatic rings. The van der Waals surface area contributed by atoms with Gasteiger partial charge in [-0.1, -0.05) is 30.3 Å². The van der Waals surface area contributed by atoms with E-state index in [1.807, 2.05) is 24.3 Å². The Balaban J connectivity index is 0.00000306. The predicted octanol–water partition coefficient (Wildman–Crippen LogP) is 4.73. The van der Waals surface area contributed by atoms with E-state index < -0.39 is 10.8 Å². The third-order valence-corrected chi connectivity index (χ3v) is 5.56. The number of carbonyl (C=O) groups excluding carboxylic acids is 1. The molecule has 0 aliphatic carbocycles. The summed E-state index contributed by atoms with van der Waals surface area (Å²) in [6, 6.07) is 20.1. The molecule has 0 aromatic heterocycles. The summed E-state index contributed by atoms with van der Waals surface area (Å²) in [6.45, 7) is 3.87. The Bertz CT molecular complexity index is 1120. The van der Waals surface area contributed by atoms with Crippen molar-refractivity contribution >= 4 is 35.4 Å². The molecule has 4 rings (SSSR count). The minimum Gasteiger partial charge on any atom is -0.369 e. The zero-order chi connectivity index (χ0) is 22.5. The molecule has 33 heavy (non-hydrogen) atoms. The quantitative estimate of drug-likeness (QED) is 0.416. The van der Waals surface area contributed by atoms with Gasteiger partial charge in [-0.3, -0.25) is 19.8 Å². The Morgan fingerprint density at radius 3 is 2.24 bits per heavy atom. The van der Waals surface area contributed by atoms with Crippen LogP contribution in [-0.2, 0) is 6.54 Å². The maximum absolute atomic E-state index is 13.9. The van der Waals surface area contributed by atoms with Crippen molar-refractivity contribution < 1.29 is 14.1 Å². The first-order chi connectivity index (χ1) is 15.5. The lowest BCUT2D eigenvalue weighted by Gasteiger charge is -2.36. The minimum absolute atomic E-state index is 0. The molecular weight excluding hydrogens is 447 g/mol. The van der Waals surface area contributed by atoms with Gasteiger partial charge in [0.1, 0.15) is 11.4 Å². The summed E-state index contributed by atoms with van der Waals surface area (Å²) < 4.78 is 13.9. The van der Waals surface area contributed by atoms with E-state index in [4.69, 9.17) is 0 Å². The van der Waals surface area contributed by atoms with Crippen LogP contribution in [0.2, 0.25) is 0 Å². The fourth-order valence-corrected chi connectivity index (χ4v) is 3.81. The average Bonchev–Trinajstić information content (AvgIpc) is 2.81. The SMILES string of the molecule is Cl.O=C(Nc1ccc(N2CCN(Cc3ccccc3F)CC2)cc1)c1ccccc1[N+](=O)[O-]. The molecule has 1 aliphatic heterocycles. The lowest BCUT2D eigenvalue weighted by molar-refractivity contribution is -0.385. The highest BCUT2D eigenvalue weighted by molar-refractivity contribution is 6.07. The summed E-state index contributed by atoms with van der Waals surface area (Å²) >= 11 is 0. The number of benzene rings is 3. The second kappa shape index (κ2) is 10.9. The molecule has 0 saturated carbocycles. The van der Waals surface area contributed by atoms with Crippen molar-refractivity contribution in [2.75, 3.05) is 36.4 Å². The summed E-state index contributed by atoms with van der Waals surface area (Å²) in [5.74, 6) is -0.694. The van der Waals surface area contributed by atoms with Gasteiger partial charge in [0.15, 0.2) is 0 Å². The normalized spacial score (nSPS) is 13.8. The molecule has 0 unspecified atom stereocenters. The number of amides is 1. The monoisotopic (exact) mass is 470 g/mol. The first kappa shape index (κ1) is 24.2. The molecule has 3 aromatic carbocycles. The Hall–Kier alpha value is -3.49. The highest BCUT2D eigenvalue weighted by atomic mass is 35.5. The van der Waals surface area contributed by atoms with Gasteiger partial charge in [0.2, 0.25) is 0 Å². The Labute approximate surface area is 197 Å². The van der Waals surface area contributed by atoms with Crippen molar-refractivity contribution in [2.24, 2.45) is 0 Å². The van der Waals surface area contributed by atoms with Crippen molar-refractivity contribution in [3.05, 3.63) is 99.9 Å². The fourth-order valence-electron chi connectivity index (χ4n) is 3.81. The van der Waals surface area contributed by atoms with Gasteiger partial charge >= 0.3 is 0 Å². The second-order valence-corrected chi connectivity index (χ2v) is 7.63. The molecule has 0 atom stereocenters. The number of hydrogen-bond acceptors (Lipinski definition) is 5. The third kappa shape index (κ3) is 5.85. The number of nitro groups is 1. The molecule has 1 amide bonds. The maximum Gasteiger partial charge on any atom is 0.282 e. The predicted molar refractivity (Wildman–Crippen MR) is 129 cm³/mol. The molecule has 0 bridgehead atoms. The Morgan fingerprint density at radius 1 is 0.939 bits per heavy atom. The van der Waals surface area contributed by atoms with Crippen molar-refractivity contribution in [3.63, 3.8) is 0 Å². The maximum atomic E-state index is 13.9. The van der Waals surface area contributed by atoms with E-state index >= 15 is 0 Å². The van der Waals surface area contributed by atoms with Crippen LogP contribution in [0.1, 0.15) is 15.9 Å². The molecule has 172 valence electrons. The summed E-state index contributed by atoms with van der Waals surface area (Å²) in [5.41, 5.74) is 2.09. The van der Waals surface area contributed by atoms with Gasteiger partial charge in [-0.05, 0) is 36.4 Å². The van der Waals surface area contributed by atoms with Crippen LogP contribution >= 0.6 is 12.4 Å². The molecule has 1 N–H and O–H groups in total. The van der Waals surface area contributed by atoms with E-state index in [1.165, 1.54) is 24.3 Å². The summed E-state index contributed by atoms with van der Waals surface area (Å²) in [4.78, 5) is 27.5. The van der Waals surface area contributed by atoms with Crippen LogP contribution in [0.15, 0.2) is 72.8 Å². The second-order valence-electron chi connectivity index (χ2n) is 7.63. The third-order valence-electron chi connectivity index (χ3n) is 5.56. The number of hydrogen-bond donors (Lipinski definition) is 1. The number of para-hydroxylation sites is 1. The van der Waals surface area contributed by atoms with Crippen LogP contribution in [-0.4, -0.2) is 41.9 Å². The van der Waals surface area contributed by atoms with Crippen molar-refractivity contribution in [3.8, 4) is 0 Å². The van der Waals surface area contributed by atoms with Crippen LogP contribution in [0.3, 0.4) is 0 Å². The van der Waals surface area contributed by atoms with Crippen molar-refractivity contribution in [2.45, 2.75) is 6.54 Å². The lowest BCUT2D eigenvalue weighted by atomic mass is 10.1. The minimum atomic E-state index is -0.566. The first-order valence-electron chi connectivity index (χ1n) is 10.4. The number of nitrogens with one attached hydrogen (secondary N) is 1. The zero-order valence-electron chi connectivity index (χ0n) is 17.8. The largest absolute Gasteiger partial charge is 0.369 e. The molecule has 1 saturated heterocycles. The topological polar surface area (TPSA) is 78.7 Å². The summed E-state index contributed by atoms with van der Waals surface area (Å²) in [5, 5.41) is 13.9. The van der Waals surface area contributed by atoms with Gasteiger partial charge in [0.25, 0.3) is 11.6 Å². The van der Waals surface area contributed by atoms with E-state index in [-0.39, 0.29) is 29.5 Å². The summed E-state index contributed by atoms with van der Waals surface area (Å²) in [6.07, 6.45) is 0. The molecule has 1 fully saturated rings. The fraction of sp³-hybridized carbons (Fsp3) is 0.208. The Morgan fingerprint density at radius 2 is 1.58 bits per heavy atom. The highest BCUT2D eigenvalue weighted by Gasteiger charge is 2.20.